The fraction of sp³-hybridized carbons (Fsp3) is 0.562. The van der Waals surface area contributed by atoms with Crippen molar-refractivity contribution >= 4 is 18.3 Å². The van der Waals surface area contributed by atoms with Gasteiger partial charge in [0.25, 0.3) is 0 Å². The molecule has 0 saturated heterocycles. The number of halogens is 1. The van der Waals surface area contributed by atoms with Crippen molar-refractivity contribution in [1.82, 2.24) is 10.6 Å². The van der Waals surface area contributed by atoms with Gasteiger partial charge < -0.3 is 10.6 Å². The van der Waals surface area contributed by atoms with Gasteiger partial charge in [-0.3, -0.25) is 4.79 Å². The van der Waals surface area contributed by atoms with Gasteiger partial charge in [-0.2, -0.15) is 0 Å². The van der Waals surface area contributed by atoms with E-state index in [-0.39, 0.29) is 24.4 Å². The first-order valence-corrected chi connectivity index (χ1v) is 7.34. The molecule has 1 aliphatic carbocycles. The van der Waals surface area contributed by atoms with Gasteiger partial charge in [0, 0.05) is 0 Å². The number of carbonyl (C=O) groups excluding carboxylic acids is 1. The van der Waals surface area contributed by atoms with Gasteiger partial charge in [-0.05, 0) is 37.3 Å². The van der Waals surface area contributed by atoms with Crippen LogP contribution in [0.25, 0.3) is 0 Å². The number of hydrogen-bond acceptors (Lipinski definition) is 2. The Hall–Kier alpha value is -1.06. The van der Waals surface area contributed by atoms with Crippen LogP contribution in [-0.4, -0.2) is 19.0 Å². The Balaban J connectivity index is 0.00000200. The molecule has 4 heteroatoms. The zero-order valence-electron chi connectivity index (χ0n) is 12.1. The fourth-order valence-electron chi connectivity index (χ4n) is 2.25. The van der Waals surface area contributed by atoms with Crippen LogP contribution in [0, 0.1) is 5.92 Å². The van der Waals surface area contributed by atoms with E-state index in [1.54, 1.807) is 0 Å². The molecule has 1 fully saturated rings. The minimum absolute atomic E-state index is 0. The molecule has 1 aromatic carbocycles. The predicted octanol–water partition coefficient (Wildman–Crippen LogP) is 3.07. The molecule has 112 valence electrons. The molecule has 0 radical (unpaired) electrons. The van der Waals surface area contributed by atoms with E-state index in [2.05, 4.69) is 29.7 Å². The molecule has 2 N–H and O–H groups in total. The molecule has 1 saturated carbocycles. The Labute approximate surface area is 127 Å². The first-order valence-electron chi connectivity index (χ1n) is 7.34. The molecular formula is C16H25ClN2O. The summed E-state index contributed by atoms with van der Waals surface area (Å²) in [5.74, 6) is 0.913. The average Bonchev–Trinajstić information content (AvgIpc) is 3.23. The van der Waals surface area contributed by atoms with Crippen molar-refractivity contribution in [2.24, 2.45) is 5.92 Å². The van der Waals surface area contributed by atoms with Gasteiger partial charge in [-0.15, -0.1) is 12.4 Å². The maximum Gasteiger partial charge on any atom is 0.234 e. The van der Waals surface area contributed by atoms with E-state index in [1.807, 2.05) is 18.2 Å². The number of carbonyl (C=O) groups is 1. The van der Waals surface area contributed by atoms with Crippen molar-refractivity contribution in [3.8, 4) is 0 Å². The molecule has 1 unspecified atom stereocenters. The lowest BCUT2D eigenvalue weighted by molar-refractivity contribution is -0.121. The summed E-state index contributed by atoms with van der Waals surface area (Å²) < 4.78 is 0. The first-order chi connectivity index (χ1) is 9.29. The average molecular weight is 297 g/mol. The van der Waals surface area contributed by atoms with Gasteiger partial charge in [-0.1, -0.05) is 43.7 Å². The maximum absolute atomic E-state index is 11.9. The van der Waals surface area contributed by atoms with Crippen LogP contribution in [0.4, 0.5) is 0 Å². The largest absolute Gasteiger partial charge is 0.348 e. The molecule has 1 aromatic rings. The summed E-state index contributed by atoms with van der Waals surface area (Å²) >= 11 is 0. The lowest BCUT2D eigenvalue weighted by Crippen LogP contribution is -2.37. The topological polar surface area (TPSA) is 41.1 Å². The van der Waals surface area contributed by atoms with Crippen LogP contribution in [0.15, 0.2) is 30.3 Å². The SMILES string of the molecule is CCCC(NC(=O)CNCC1CC1)c1ccccc1.Cl. The number of amides is 1. The van der Waals surface area contributed by atoms with Crippen LogP contribution < -0.4 is 10.6 Å². The highest BCUT2D eigenvalue weighted by Crippen LogP contribution is 2.27. The summed E-state index contributed by atoms with van der Waals surface area (Å²) in [6.07, 6.45) is 4.68. The lowest BCUT2D eigenvalue weighted by atomic mass is 10.0. The van der Waals surface area contributed by atoms with Crippen molar-refractivity contribution in [1.29, 1.82) is 0 Å². The Bertz CT molecular complexity index is 393. The molecule has 1 aliphatic rings. The first kappa shape index (κ1) is 17.0. The second-order valence-corrected chi connectivity index (χ2v) is 5.39. The Morgan fingerprint density at radius 3 is 2.60 bits per heavy atom. The summed E-state index contributed by atoms with van der Waals surface area (Å²) in [4.78, 5) is 11.9. The molecule has 3 nitrogen and oxygen atoms in total. The highest BCUT2D eigenvalue weighted by atomic mass is 35.5. The molecule has 2 rings (SSSR count). The van der Waals surface area contributed by atoms with E-state index in [4.69, 9.17) is 0 Å². The molecule has 0 bridgehead atoms. The minimum atomic E-state index is 0. The number of benzene rings is 1. The van der Waals surface area contributed by atoms with E-state index in [1.165, 1.54) is 18.4 Å². The molecule has 20 heavy (non-hydrogen) atoms. The van der Waals surface area contributed by atoms with Gasteiger partial charge >= 0.3 is 0 Å². The summed E-state index contributed by atoms with van der Waals surface area (Å²) in [6, 6.07) is 10.4. The Morgan fingerprint density at radius 2 is 2.00 bits per heavy atom. The second-order valence-electron chi connectivity index (χ2n) is 5.39. The minimum Gasteiger partial charge on any atom is -0.348 e. The van der Waals surface area contributed by atoms with Gasteiger partial charge in [-0.25, -0.2) is 0 Å². The predicted molar refractivity (Wildman–Crippen MR) is 85.1 cm³/mol. The highest BCUT2D eigenvalue weighted by molar-refractivity contribution is 5.85. The molecule has 0 aliphatic heterocycles. The van der Waals surface area contributed by atoms with Crippen LogP contribution in [0.2, 0.25) is 0 Å². The normalized spacial score (nSPS) is 15.2. The molecule has 1 amide bonds. The van der Waals surface area contributed by atoms with Crippen molar-refractivity contribution in [2.75, 3.05) is 13.1 Å². The van der Waals surface area contributed by atoms with E-state index < -0.39 is 0 Å². The Kier molecular flexibility index (Phi) is 7.63. The van der Waals surface area contributed by atoms with Crippen LogP contribution >= 0.6 is 12.4 Å². The third kappa shape index (κ3) is 5.93. The lowest BCUT2D eigenvalue weighted by Gasteiger charge is -2.18. The van der Waals surface area contributed by atoms with Gasteiger partial charge in [0.1, 0.15) is 0 Å². The molecular weight excluding hydrogens is 272 g/mol. The summed E-state index contributed by atoms with van der Waals surface area (Å²) in [5.41, 5.74) is 1.19. The zero-order chi connectivity index (χ0) is 13.5. The molecule has 0 aromatic heterocycles. The molecule has 0 spiro atoms. The second kappa shape index (κ2) is 8.98. The van der Waals surface area contributed by atoms with Crippen molar-refractivity contribution < 1.29 is 4.79 Å². The van der Waals surface area contributed by atoms with Crippen LogP contribution in [0.3, 0.4) is 0 Å². The van der Waals surface area contributed by atoms with E-state index in [0.29, 0.717) is 6.54 Å². The standard InChI is InChI=1S/C16H24N2O.ClH/c1-2-6-15(14-7-4-3-5-8-14)18-16(19)12-17-11-13-9-10-13;/h3-5,7-8,13,15,17H,2,6,9-12H2,1H3,(H,18,19);1H. The summed E-state index contributed by atoms with van der Waals surface area (Å²) in [7, 11) is 0. The van der Waals surface area contributed by atoms with E-state index in [0.717, 1.165) is 25.3 Å². The van der Waals surface area contributed by atoms with E-state index >= 15 is 0 Å². The zero-order valence-corrected chi connectivity index (χ0v) is 12.9. The smallest absolute Gasteiger partial charge is 0.234 e. The van der Waals surface area contributed by atoms with Crippen LogP contribution in [0.1, 0.15) is 44.2 Å². The van der Waals surface area contributed by atoms with Gasteiger partial charge in [0.15, 0.2) is 0 Å². The molecule has 0 heterocycles. The number of rotatable bonds is 8. The van der Waals surface area contributed by atoms with Gasteiger partial charge in [0.05, 0.1) is 12.6 Å². The quantitative estimate of drug-likeness (QED) is 0.774. The van der Waals surface area contributed by atoms with Crippen molar-refractivity contribution in [3.63, 3.8) is 0 Å². The Morgan fingerprint density at radius 1 is 1.30 bits per heavy atom. The third-order valence-electron chi connectivity index (χ3n) is 3.53. The van der Waals surface area contributed by atoms with Crippen LogP contribution in [-0.2, 0) is 4.79 Å². The maximum atomic E-state index is 11.9. The van der Waals surface area contributed by atoms with Gasteiger partial charge in [0.2, 0.25) is 5.91 Å². The fourth-order valence-corrected chi connectivity index (χ4v) is 2.25. The van der Waals surface area contributed by atoms with Crippen molar-refractivity contribution in [3.05, 3.63) is 35.9 Å². The molecule has 1 atom stereocenters. The summed E-state index contributed by atoms with van der Waals surface area (Å²) in [5, 5.41) is 6.36. The number of nitrogens with one attached hydrogen (secondary N) is 2. The van der Waals surface area contributed by atoms with E-state index in [9.17, 15) is 4.79 Å². The van der Waals surface area contributed by atoms with Crippen molar-refractivity contribution in [2.45, 2.75) is 38.6 Å². The number of hydrogen-bond donors (Lipinski definition) is 2. The third-order valence-corrected chi connectivity index (χ3v) is 3.53. The summed E-state index contributed by atoms with van der Waals surface area (Å²) in [6.45, 7) is 3.56. The van der Waals surface area contributed by atoms with Crippen LogP contribution in [0.5, 0.6) is 0 Å². The monoisotopic (exact) mass is 296 g/mol. The highest BCUT2D eigenvalue weighted by Gasteiger charge is 2.21.